The molecule has 0 bridgehead atoms. The maximum absolute atomic E-state index is 13.9. The molecule has 1 N–H and O–H groups in total. The zero-order valence-corrected chi connectivity index (χ0v) is 11.9. The van der Waals surface area contributed by atoms with Gasteiger partial charge in [0.25, 0.3) is 0 Å². The molecule has 0 saturated carbocycles. The third-order valence-electron chi connectivity index (χ3n) is 3.21. The second-order valence-corrected chi connectivity index (χ2v) is 5.16. The zero-order valence-electron chi connectivity index (χ0n) is 11.9. The SMILES string of the molecule is CC(C)c1ccc(Oc2c(F)cccc2[C@H](C)O)cc1. The second kappa shape index (κ2) is 6.06. The molecule has 3 heteroatoms. The smallest absolute Gasteiger partial charge is 0.168 e. The number of aliphatic hydroxyl groups is 1. The van der Waals surface area contributed by atoms with Gasteiger partial charge in [-0.25, -0.2) is 4.39 Å². The van der Waals surface area contributed by atoms with E-state index in [0.29, 0.717) is 17.2 Å². The van der Waals surface area contributed by atoms with Crippen molar-refractivity contribution in [2.45, 2.75) is 32.8 Å². The van der Waals surface area contributed by atoms with Crippen LogP contribution in [0.4, 0.5) is 4.39 Å². The third kappa shape index (κ3) is 3.17. The summed E-state index contributed by atoms with van der Waals surface area (Å²) in [5, 5.41) is 9.68. The van der Waals surface area contributed by atoms with E-state index in [4.69, 9.17) is 4.74 Å². The molecule has 2 aromatic carbocycles. The van der Waals surface area contributed by atoms with Crippen molar-refractivity contribution >= 4 is 0 Å². The van der Waals surface area contributed by atoms with Gasteiger partial charge in [0.2, 0.25) is 0 Å². The van der Waals surface area contributed by atoms with E-state index < -0.39 is 11.9 Å². The Morgan fingerprint density at radius 2 is 1.65 bits per heavy atom. The number of aliphatic hydroxyl groups excluding tert-OH is 1. The molecule has 20 heavy (non-hydrogen) atoms. The van der Waals surface area contributed by atoms with Crippen molar-refractivity contribution in [3.05, 3.63) is 59.4 Å². The number of benzene rings is 2. The number of ether oxygens (including phenoxy) is 1. The van der Waals surface area contributed by atoms with Gasteiger partial charge in [0.05, 0.1) is 6.10 Å². The monoisotopic (exact) mass is 274 g/mol. The summed E-state index contributed by atoms with van der Waals surface area (Å²) < 4.78 is 19.5. The van der Waals surface area contributed by atoms with Crippen LogP contribution >= 0.6 is 0 Å². The molecule has 2 aromatic rings. The maximum atomic E-state index is 13.9. The molecule has 1 atom stereocenters. The van der Waals surface area contributed by atoms with E-state index in [0.717, 1.165) is 0 Å². The fourth-order valence-electron chi connectivity index (χ4n) is 2.00. The lowest BCUT2D eigenvalue weighted by Gasteiger charge is -2.14. The van der Waals surface area contributed by atoms with Gasteiger partial charge >= 0.3 is 0 Å². The van der Waals surface area contributed by atoms with Crippen molar-refractivity contribution in [1.82, 2.24) is 0 Å². The van der Waals surface area contributed by atoms with E-state index in [1.54, 1.807) is 19.1 Å². The molecule has 0 fully saturated rings. The van der Waals surface area contributed by atoms with Crippen LogP contribution in [0.1, 0.15) is 43.9 Å². The van der Waals surface area contributed by atoms with Gasteiger partial charge in [0.15, 0.2) is 11.6 Å². The molecular formula is C17H19FO2. The van der Waals surface area contributed by atoms with Gasteiger partial charge in [0.1, 0.15) is 5.75 Å². The number of halogens is 1. The van der Waals surface area contributed by atoms with E-state index >= 15 is 0 Å². The van der Waals surface area contributed by atoms with Gasteiger partial charge in [0, 0.05) is 5.56 Å². The summed E-state index contributed by atoms with van der Waals surface area (Å²) in [6.45, 7) is 5.81. The molecule has 0 aliphatic rings. The van der Waals surface area contributed by atoms with Gasteiger partial charge in [-0.3, -0.25) is 0 Å². The fraction of sp³-hybridized carbons (Fsp3) is 0.294. The highest BCUT2D eigenvalue weighted by Crippen LogP contribution is 2.32. The molecule has 0 heterocycles. The minimum Gasteiger partial charge on any atom is -0.454 e. The van der Waals surface area contributed by atoms with Crippen molar-refractivity contribution < 1.29 is 14.2 Å². The Morgan fingerprint density at radius 1 is 1.00 bits per heavy atom. The highest BCUT2D eigenvalue weighted by molar-refractivity contribution is 5.41. The Bertz CT molecular complexity index is 574. The van der Waals surface area contributed by atoms with Crippen LogP contribution in [-0.4, -0.2) is 5.11 Å². The molecule has 0 aromatic heterocycles. The van der Waals surface area contributed by atoms with Gasteiger partial charge in [-0.15, -0.1) is 0 Å². The first-order valence-corrected chi connectivity index (χ1v) is 6.73. The van der Waals surface area contributed by atoms with Crippen LogP contribution in [0, 0.1) is 5.82 Å². The van der Waals surface area contributed by atoms with Crippen LogP contribution in [0.15, 0.2) is 42.5 Å². The van der Waals surface area contributed by atoms with Crippen LogP contribution in [0.5, 0.6) is 11.5 Å². The van der Waals surface area contributed by atoms with Crippen LogP contribution in [-0.2, 0) is 0 Å². The van der Waals surface area contributed by atoms with Crippen LogP contribution in [0.2, 0.25) is 0 Å². The van der Waals surface area contributed by atoms with Crippen molar-refractivity contribution in [2.24, 2.45) is 0 Å². The predicted octanol–water partition coefficient (Wildman–Crippen LogP) is 4.79. The molecular weight excluding hydrogens is 255 g/mol. The van der Waals surface area contributed by atoms with E-state index in [9.17, 15) is 9.50 Å². The number of hydrogen-bond acceptors (Lipinski definition) is 2. The minimum absolute atomic E-state index is 0.0831. The first kappa shape index (κ1) is 14.5. The molecule has 0 radical (unpaired) electrons. The zero-order chi connectivity index (χ0) is 14.7. The first-order chi connectivity index (χ1) is 9.49. The van der Waals surface area contributed by atoms with Crippen LogP contribution in [0.25, 0.3) is 0 Å². The van der Waals surface area contributed by atoms with Crippen LogP contribution < -0.4 is 4.74 Å². The Labute approximate surface area is 118 Å². The lowest BCUT2D eigenvalue weighted by molar-refractivity contribution is 0.194. The lowest BCUT2D eigenvalue weighted by Crippen LogP contribution is -1.98. The number of hydrogen-bond donors (Lipinski definition) is 1. The second-order valence-electron chi connectivity index (χ2n) is 5.16. The van der Waals surface area contributed by atoms with Crippen molar-refractivity contribution in [1.29, 1.82) is 0 Å². The summed E-state index contributed by atoms with van der Waals surface area (Å²) in [5.74, 6) is 0.600. The van der Waals surface area contributed by atoms with Gasteiger partial charge in [-0.05, 0) is 36.6 Å². The Balaban J connectivity index is 2.30. The summed E-state index contributed by atoms with van der Waals surface area (Å²) >= 11 is 0. The lowest BCUT2D eigenvalue weighted by atomic mass is 10.0. The molecule has 0 unspecified atom stereocenters. The van der Waals surface area contributed by atoms with E-state index in [-0.39, 0.29) is 5.75 Å². The van der Waals surface area contributed by atoms with Crippen LogP contribution in [0.3, 0.4) is 0 Å². The van der Waals surface area contributed by atoms with E-state index in [1.807, 2.05) is 24.3 Å². The summed E-state index contributed by atoms with van der Waals surface area (Å²) in [6, 6.07) is 12.1. The summed E-state index contributed by atoms with van der Waals surface area (Å²) in [5.41, 5.74) is 1.64. The largest absolute Gasteiger partial charge is 0.454 e. The molecule has 0 spiro atoms. The van der Waals surface area contributed by atoms with E-state index in [2.05, 4.69) is 13.8 Å². The standard InChI is InChI=1S/C17H19FO2/c1-11(2)13-7-9-14(10-8-13)20-17-15(12(3)19)5-4-6-16(17)18/h4-12,19H,1-3H3/t12-/m0/s1. The van der Waals surface area contributed by atoms with Gasteiger partial charge in [-0.1, -0.05) is 38.1 Å². The molecule has 0 aliphatic carbocycles. The summed E-state index contributed by atoms with van der Waals surface area (Å²) in [6.07, 6.45) is -0.782. The number of rotatable bonds is 4. The first-order valence-electron chi connectivity index (χ1n) is 6.73. The molecule has 0 saturated heterocycles. The molecule has 106 valence electrons. The Morgan fingerprint density at radius 3 is 2.20 bits per heavy atom. The quantitative estimate of drug-likeness (QED) is 0.868. The molecule has 2 nitrogen and oxygen atoms in total. The fourth-order valence-corrected chi connectivity index (χ4v) is 2.00. The van der Waals surface area contributed by atoms with Crippen molar-refractivity contribution in [3.63, 3.8) is 0 Å². The van der Waals surface area contributed by atoms with Gasteiger partial charge in [-0.2, -0.15) is 0 Å². The molecule has 0 aliphatic heterocycles. The maximum Gasteiger partial charge on any atom is 0.168 e. The third-order valence-corrected chi connectivity index (χ3v) is 3.21. The number of para-hydroxylation sites is 1. The minimum atomic E-state index is -0.782. The average molecular weight is 274 g/mol. The normalized spacial score (nSPS) is 12.5. The summed E-state index contributed by atoms with van der Waals surface area (Å²) in [7, 11) is 0. The average Bonchev–Trinajstić information content (AvgIpc) is 2.41. The molecule has 0 amide bonds. The summed E-state index contributed by atoms with van der Waals surface area (Å²) in [4.78, 5) is 0. The van der Waals surface area contributed by atoms with Crippen molar-refractivity contribution in [3.8, 4) is 11.5 Å². The van der Waals surface area contributed by atoms with Crippen molar-refractivity contribution in [2.75, 3.05) is 0 Å². The van der Waals surface area contributed by atoms with Gasteiger partial charge < -0.3 is 9.84 Å². The molecule has 2 rings (SSSR count). The topological polar surface area (TPSA) is 29.5 Å². The highest BCUT2D eigenvalue weighted by atomic mass is 19.1. The predicted molar refractivity (Wildman–Crippen MR) is 77.6 cm³/mol. The van der Waals surface area contributed by atoms with E-state index in [1.165, 1.54) is 11.6 Å². The Hall–Kier alpha value is -1.87. The Kier molecular flexibility index (Phi) is 4.40. The highest BCUT2D eigenvalue weighted by Gasteiger charge is 2.14.